The molecule has 4 unspecified atom stereocenters. The number of nitrogens with zero attached hydrogens (tertiary/aromatic N) is 1. The van der Waals surface area contributed by atoms with E-state index in [1.165, 1.54) is 11.8 Å². The van der Waals surface area contributed by atoms with Gasteiger partial charge in [-0.3, -0.25) is 19.2 Å². The maximum atomic E-state index is 12.5. The Balaban J connectivity index is 2.77. The highest BCUT2D eigenvalue weighted by Gasteiger charge is 2.37. The predicted molar refractivity (Wildman–Crippen MR) is 96.0 cm³/mol. The molecule has 0 spiro atoms. The number of carbonyl (C=O) groups excluding carboxylic acids is 3. The van der Waals surface area contributed by atoms with Gasteiger partial charge in [0.25, 0.3) is 0 Å². The van der Waals surface area contributed by atoms with Gasteiger partial charge in [-0.05, 0) is 19.8 Å². The van der Waals surface area contributed by atoms with Gasteiger partial charge >= 0.3 is 11.9 Å². The normalized spacial score (nSPS) is 19.7. The van der Waals surface area contributed by atoms with Crippen LogP contribution in [0.25, 0.3) is 0 Å². The van der Waals surface area contributed by atoms with E-state index in [0.29, 0.717) is 19.4 Å². The summed E-state index contributed by atoms with van der Waals surface area (Å²) in [5.74, 6) is -4.90. The fourth-order valence-electron chi connectivity index (χ4n) is 2.67. The molecule has 1 rings (SSSR count). The lowest BCUT2D eigenvalue weighted by Gasteiger charge is -2.27. The fraction of sp³-hybridized carbons (Fsp3) is 0.667. The van der Waals surface area contributed by atoms with Gasteiger partial charge in [0.1, 0.15) is 18.1 Å². The van der Waals surface area contributed by atoms with Crippen molar-refractivity contribution in [2.75, 3.05) is 12.3 Å². The summed E-state index contributed by atoms with van der Waals surface area (Å²) in [4.78, 5) is 59.9. The minimum atomic E-state index is -1.64. The molecule has 27 heavy (non-hydrogen) atoms. The molecule has 12 heteroatoms. The largest absolute Gasteiger partial charge is 0.481 e. The third-order valence-corrected chi connectivity index (χ3v) is 4.40. The van der Waals surface area contributed by atoms with Crippen LogP contribution in [-0.4, -0.2) is 81.2 Å². The first-order valence-corrected chi connectivity index (χ1v) is 8.94. The Bertz CT molecular complexity index is 613. The maximum absolute atomic E-state index is 12.5. The van der Waals surface area contributed by atoms with Crippen LogP contribution in [0.1, 0.15) is 26.2 Å². The Morgan fingerprint density at radius 1 is 1.19 bits per heavy atom. The molecule has 0 aromatic heterocycles. The molecule has 0 bridgehead atoms. The van der Waals surface area contributed by atoms with Crippen molar-refractivity contribution >= 4 is 42.3 Å². The van der Waals surface area contributed by atoms with Gasteiger partial charge in [-0.2, -0.15) is 12.6 Å². The summed E-state index contributed by atoms with van der Waals surface area (Å²) in [6, 6.07) is -4.39. The quantitative estimate of drug-likeness (QED) is 0.234. The third kappa shape index (κ3) is 6.40. The SMILES string of the molecule is CC(N)C(=O)N1CCCC1C(=O)NC(CS)C(=O)NC(CC(=O)O)C(=O)O. The monoisotopic (exact) mass is 404 g/mol. The number of hydrogen-bond acceptors (Lipinski definition) is 7. The van der Waals surface area contributed by atoms with Gasteiger partial charge in [-0.1, -0.05) is 0 Å². The number of nitrogens with one attached hydrogen (secondary N) is 2. The molecule has 1 aliphatic rings. The van der Waals surface area contributed by atoms with Crippen LogP contribution in [0.4, 0.5) is 0 Å². The molecule has 0 aromatic carbocycles. The van der Waals surface area contributed by atoms with Gasteiger partial charge in [0.05, 0.1) is 12.5 Å². The first-order chi connectivity index (χ1) is 12.6. The molecule has 0 saturated carbocycles. The number of hydrogen-bond donors (Lipinski definition) is 6. The van der Waals surface area contributed by atoms with Gasteiger partial charge in [-0.15, -0.1) is 0 Å². The van der Waals surface area contributed by atoms with Crippen molar-refractivity contribution in [1.82, 2.24) is 15.5 Å². The van der Waals surface area contributed by atoms with Gasteiger partial charge < -0.3 is 31.5 Å². The molecule has 1 fully saturated rings. The molecular formula is C15H24N4O7S. The molecule has 4 atom stereocenters. The molecule has 1 aliphatic heterocycles. The van der Waals surface area contributed by atoms with Crippen molar-refractivity contribution in [1.29, 1.82) is 0 Å². The zero-order valence-electron chi connectivity index (χ0n) is 14.8. The molecule has 152 valence electrons. The van der Waals surface area contributed by atoms with E-state index in [1.807, 2.05) is 0 Å². The Kier molecular flexibility index (Phi) is 8.50. The fourth-order valence-corrected chi connectivity index (χ4v) is 2.93. The van der Waals surface area contributed by atoms with Crippen LogP contribution < -0.4 is 16.4 Å². The lowest BCUT2D eigenvalue weighted by molar-refractivity contribution is -0.147. The summed E-state index contributed by atoms with van der Waals surface area (Å²) in [5, 5.41) is 22.2. The molecule has 11 nitrogen and oxygen atoms in total. The van der Waals surface area contributed by atoms with Gasteiger partial charge in [0.15, 0.2) is 0 Å². The number of carboxylic acids is 2. The van der Waals surface area contributed by atoms with Crippen molar-refractivity contribution in [2.45, 2.75) is 50.4 Å². The highest BCUT2D eigenvalue weighted by molar-refractivity contribution is 7.80. The second kappa shape index (κ2) is 10.1. The number of nitrogens with two attached hydrogens (primary N) is 1. The molecule has 0 aliphatic carbocycles. The average molecular weight is 404 g/mol. The van der Waals surface area contributed by atoms with Crippen LogP contribution in [0.15, 0.2) is 0 Å². The summed E-state index contributed by atoms with van der Waals surface area (Å²) in [7, 11) is 0. The zero-order valence-corrected chi connectivity index (χ0v) is 15.6. The van der Waals surface area contributed by atoms with E-state index in [-0.39, 0.29) is 11.7 Å². The van der Waals surface area contributed by atoms with Crippen LogP contribution in [0, 0.1) is 0 Å². The number of carbonyl (C=O) groups is 5. The Hall–Kier alpha value is -2.34. The molecule has 0 aromatic rings. The molecule has 0 radical (unpaired) electrons. The lowest BCUT2D eigenvalue weighted by Crippen LogP contribution is -2.57. The molecule has 3 amide bonds. The standard InChI is InChI=1S/C15H24N4O7S/c1-7(16)14(24)19-4-2-3-10(19)13(23)18-9(6-27)12(22)17-8(15(25)26)5-11(20)21/h7-10,27H,2-6,16H2,1H3,(H,17,22)(H,18,23)(H,20,21)(H,25,26). The Labute approximate surface area is 161 Å². The number of likely N-dealkylation sites (tertiary alicyclic amines) is 1. The van der Waals surface area contributed by atoms with Crippen LogP contribution in [0.3, 0.4) is 0 Å². The minimum Gasteiger partial charge on any atom is -0.481 e. The summed E-state index contributed by atoms with van der Waals surface area (Å²) in [6.07, 6.45) is 0.198. The van der Waals surface area contributed by atoms with E-state index in [2.05, 4.69) is 23.3 Å². The van der Waals surface area contributed by atoms with Crippen LogP contribution in [0.2, 0.25) is 0 Å². The number of rotatable bonds is 9. The topological polar surface area (TPSA) is 179 Å². The first-order valence-electron chi connectivity index (χ1n) is 8.30. The van der Waals surface area contributed by atoms with Gasteiger partial charge in [0.2, 0.25) is 17.7 Å². The average Bonchev–Trinajstić information content (AvgIpc) is 3.06. The Morgan fingerprint density at radius 3 is 2.30 bits per heavy atom. The zero-order chi connectivity index (χ0) is 20.7. The smallest absolute Gasteiger partial charge is 0.326 e. The van der Waals surface area contributed by atoms with Crippen molar-refractivity contribution in [2.24, 2.45) is 5.73 Å². The Morgan fingerprint density at radius 2 is 1.81 bits per heavy atom. The van der Waals surface area contributed by atoms with E-state index in [4.69, 9.17) is 15.9 Å². The molecule has 6 N–H and O–H groups in total. The number of thiol groups is 1. The van der Waals surface area contributed by atoms with Gasteiger partial charge in [0, 0.05) is 12.3 Å². The molecular weight excluding hydrogens is 380 g/mol. The van der Waals surface area contributed by atoms with Crippen LogP contribution in [0.5, 0.6) is 0 Å². The van der Waals surface area contributed by atoms with Crippen molar-refractivity contribution in [3.8, 4) is 0 Å². The number of aliphatic carboxylic acids is 2. The second-order valence-electron chi connectivity index (χ2n) is 6.22. The third-order valence-electron chi connectivity index (χ3n) is 4.04. The second-order valence-corrected chi connectivity index (χ2v) is 6.58. The number of amides is 3. The van der Waals surface area contributed by atoms with Crippen molar-refractivity contribution in [3.63, 3.8) is 0 Å². The van der Waals surface area contributed by atoms with Gasteiger partial charge in [-0.25, -0.2) is 4.79 Å². The number of carboxylic acid groups (broad SMARTS) is 2. The van der Waals surface area contributed by atoms with E-state index >= 15 is 0 Å². The van der Waals surface area contributed by atoms with Crippen molar-refractivity contribution in [3.05, 3.63) is 0 Å². The highest BCUT2D eigenvalue weighted by atomic mass is 32.1. The summed E-state index contributed by atoms with van der Waals surface area (Å²) >= 11 is 3.97. The summed E-state index contributed by atoms with van der Waals surface area (Å²) in [6.45, 7) is 1.88. The summed E-state index contributed by atoms with van der Waals surface area (Å²) < 4.78 is 0. The van der Waals surface area contributed by atoms with Crippen LogP contribution in [-0.2, 0) is 24.0 Å². The van der Waals surface area contributed by atoms with Crippen molar-refractivity contribution < 1.29 is 34.2 Å². The molecule has 1 saturated heterocycles. The first kappa shape index (κ1) is 22.7. The highest BCUT2D eigenvalue weighted by Crippen LogP contribution is 2.18. The van der Waals surface area contributed by atoms with Crippen LogP contribution >= 0.6 is 12.6 Å². The summed E-state index contributed by atoms with van der Waals surface area (Å²) in [5.41, 5.74) is 5.57. The lowest BCUT2D eigenvalue weighted by atomic mass is 10.1. The minimum absolute atomic E-state index is 0.148. The predicted octanol–water partition coefficient (Wildman–Crippen LogP) is -2.22. The van der Waals surface area contributed by atoms with E-state index in [9.17, 15) is 24.0 Å². The van der Waals surface area contributed by atoms with E-state index in [0.717, 1.165) is 0 Å². The van der Waals surface area contributed by atoms with E-state index in [1.54, 1.807) is 0 Å². The molecule has 1 heterocycles. The maximum Gasteiger partial charge on any atom is 0.326 e. The van der Waals surface area contributed by atoms with E-state index < -0.39 is 54.3 Å².